The number of fused-ring (bicyclic) bond motifs is 3. The van der Waals surface area contributed by atoms with Crippen LogP contribution in [-0.2, 0) is 5.41 Å². The van der Waals surface area contributed by atoms with E-state index in [1.807, 2.05) is 12.1 Å². The van der Waals surface area contributed by atoms with E-state index in [1.54, 1.807) is 12.1 Å². The van der Waals surface area contributed by atoms with Crippen LogP contribution >= 0.6 is 0 Å². The number of unbranched alkanes of at least 4 members (excludes halogenated alkanes) is 3. The quantitative estimate of drug-likeness (QED) is 0.569. The lowest BCUT2D eigenvalue weighted by Gasteiger charge is -2.54. The Morgan fingerprint density at radius 3 is 2.30 bits per heavy atom. The van der Waals surface area contributed by atoms with E-state index in [1.165, 1.54) is 70.6 Å². The van der Waals surface area contributed by atoms with Gasteiger partial charge in [-0.15, -0.1) is 0 Å². The largest absolute Gasteiger partial charge is 0.206 e. The van der Waals surface area contributed by atoms with E-state index in [-0.39, 0.29) is 16.8 Å². The van der Waals surface area contributed by atoms with E-state index in [2.05, 4.69) is 6.92 Å². The maximum absolute atomic E-state index is 14.0. The maximum atomic E-state index is 14.0. The van der Waals surface area contributed by atoms with E-state index in [0.29, 0.717) is 5.41 Å². The zero-order valence-electron chi connectivity index (χ0n) is 14.3. The minimum absolute atomic E-state index is 0.169. The summed E-state index contributed by atoms with van der Waals surface area (Å²) >= 11 is 0. The molecule has 0 unspecified atom stereocenters. The lowest BCUT2D eigenvalue weighted by molar-refractivity contribution is 0.0303. The van der Waals surface area contributed by atoms with Crippen molar-refractivity contribution in [2.45, 2.75) is 83.0 Å². The van der Waals surface area contributed by atoms with Gasteiger partial charge in [-0.05, 0) is 73.5 Å². The molecule has 1 nitrogen and oxygen atoms in total. The molecule has 0 atom stereocenters. The summed E-state index contributed by atoms with van der Waals surface area (Å²) in [5, 5.41) is 8.91. The maximum Gasteiger partial charge on any atom is 0.141 e. The summed E-state index contributed by atoms with van der Waals surface area (Å²) in [6, 6.07) is 7.24. The molecule has 1 aromatic carbocycles. The normalized spacial score (nSPS) is 29.4. The van der Waals surface area contributed by atoms with Gasteiger partial charge in [-0.25, -0.2) is 4.39 Å². The molecule has 3 aliphatic rings. The number of hydrogen-bond acceptors (Lipinski definition) is 1. The predicted octanol–water partition coefficient (Wildman–Crippen LogP) is 6.26. The Balaban J connectivity index is 1.67. The lowest BCUT2D eigenvalue weighted by Crippen LogP contribution is -2.44. The zero-order chi connectivity index (χ0) is 16.3. The first-order chi connectivity index (χ1) is 11.1. The van der Waals surface area contributed by atoms with Crippen molar-refractivity contribution < 1.29 is 4.39 Å². The first-order valence-corrected chi connectivity index (χ1v) is 9.33. The molecule has 2 bridgehead atoms. The Kier molecular flexibility index (Phi) is 4.76. The van der Waals surface area contributed by atoms with Gasteiger partial charge in [-0.3, -0.25) is 0 Å². The van der Waals surface area contributed by atoms with Crippen LogP contribution in [0.5, 0.6) is 0 Å². The first-order valence-electron chi connectivity index (χ1n) is 9.33. The van der Waals surface area contributed by atoms with Crippen molar-refractivity contribution in [2.24, 2.45) is 5.41 Å². The van der Waals surface area contributed by atoms with Gasteiger partial charge in [0.05, 0.1) is 5.56 Å². The van der Waals surface area contributed by atoms with E-state index < -0.39 is 0 Å². The number of hydrogen-bond donors (Lipinski definition) is 0. The molecule has 1 aromatic rings. The van der Waals surface area contributed by atoms with Crippen LogP contribution in [0.3, 0.4) is 0 Å². The van der Waals surface area contributed by atoms with Crippen LogP contribution in [0.15, 0.2) is 18.2 Å². The van der Waals surface area contributed by atoms with Gasteiger partial charge < -0.3 is 0 Å². The van der Waals surface area contributed by atoms with Gasteiger partial charge in [-0.1, -0.05) is 38.7 Å². The average Bonchev–Trinajstić information content (AvgIpc) is 2.60. The number of rotatable bonds is 6. The lowest BCUT2D eigenvalue weighted by atomic mass is 9.51. The highest BCUT2D eigenvalue weighted by Gasteiger charge is 2.48. The molecule has 4 rings (SSSR count). The third-order valence-electron chi connectivity index (χ3n) is 6.66. The minimum Gasteiger partial charge on any atom is -0.206 e. The molecule has 0 amide bonds. The highest BCUT2D eigenvalue weighted by Crippen LogP contribution is 2.59. The van der Waals surface area contributed by atoms with Crippen molar-refractivity contribution in [1.29, 1.82) is 5.26 Å². The summed E-state index contributed by atoms with van der Waals surface area (Å²) in [6.45, 7) is 2.27. The van der Waals surface area contributed by atoms with E-state index in [4.69, 9.17) is 5.26 Å². The number of benzene rings is 1. The van der Waals surface area contributed by atoms with Crippen LogP contribution < -0.4 is 0 Å². The number of nitriles is 1. The molecule has 0 N–H and O–H groups in total. The van der Waals surface area contributed by atoms with Gasteiger partial charge in [0.2, 0.25) is 0 Å². The van der Waals surface area contributed by atoms with Crippen molar-refractivity contribution in [3.63, 3.8) is 0 Å². The van der Waals surface area contributed by atoms with Crippen molar-refractivity contribution in [2.75, 3.05) is 0 Å². The molecule has 3 saturated carbocycles. The van der Waals surface area contributed by atoms with Gasteiger partial charge in [0, 0.05) is 0 Å². The Morgan fingerprint density at radius 1 is 1.04 bits per heavy atom. The smallest absolute Gasteiger partial charge is 0.141 e. The van der Waals surface area contributed by atoms with Gasteiger partial charge in [0.15, 0.2) is 0 Å². The summed E-state index contributed by atoms with van der Waals surface area (Å²) in [7, 11) is 0. The van der Waals surface area contributed by atoms with Crippen molar-refractivity contribution in [1.82, 2.24) is 0 Å². The Bertz CT molecular complexity index is 574. The fourth-order valence-electron chi connectivity index (χ4n) is 4.93. The van der Waals surface area contributed by atoms with Crippen LogP contribution in [0.25, 0.3) is 0 Å². The van der Waals surface area contributed by atoms with Crippen molar-refractivity contribution in [3.8, 4) is 6.07 Å². The van der Waals surface area contributed by atoms with E-state index in [0.717, 1.165) is 5.56 Å². The van der Waals surface area contributed by atoms with Crippen LogP contribution in [0.1, 0.15) is 88.7 Å². The van der Waals surface area contributed by atoms with Crippen LogP contribution in [0.4, 0.5) is 4.39 Å². The predicted molar refractivity (Wildman–Crippen MR) is 91.7 cm³/mol. The highest BCUT2D eigenvalue weighted by atomic mass is 19.1. The summed E-state index contributed by atoms with van der Waals surface area (Å²) in [6.07, 6.45) is 14.3. The van der Waals surface area contributed by atoms with Crippen LogP contribution in [0.2, 0.25) is 0 Å². The van der Waals surface area contributed by atoms with E-state index >= 15 is 0 Å². The topological polar surface area (TPSA) is 23.8 Å². The van der Waals surface area contributed by atoms with Crippen LogP contribution in [0, 0.1) is 22.6 Å². The number of halogens is 1. The molecular formula is C21H28FN. The second-order valence-corrected chi connectivity index (χ2v) is 7.90. The summed E-state index contributed by atoms with van der Waals surface area (Å²) < 4.78 is 14.0. The first kappa shape index (κ1) is 16.5. The van der Waals surface area contributed by atoms with Gasteiger partial charge >= 0.3 is 0 Å². The fraction of sp³-hybridized carbons (Fsp3) is 0.667. The Hall–Kier alpha value is -1.36. The summed E-state index contributed by atoms with van der Waals surface area (Å²) in [5.41, 5.74) is 2.07. The van der Waals surface area contributed by atoms with Gasteiger partial charge in [-0.2, -0.15) is 5.26 Å². The summed E-state index contributed by atoms with van der Waals surface area (Å²) in [4.78, 5) is 0. The Labute approximate surface area is 139 Å². The second kappa shape index (κ2) is 6.63. The van der Waals surface area contributed by atoms with E-state index in [9.17, 15) is 4.39 Å². The Morgan fingerprint density at radius 2 is 1.74 bits per heavy atom. The molecule has 0 heterocycles. The second-order valence-electron chi connectivity index (χ2n) is 7.90. The molecule has 3 aliphatic carbocycles. The van der Waals surface area contributed by atoms with Crippen molar-refractivity contribution >= 4 is 0 Å². The molecule has 0 saturated heterocycles. The molecule has 23 heavy (non-hydrogen) atoms. The molecule has 0 radical (unpaired) electrons. The van der Waals surface area contributed by atoms with Crippen molar-refractivity contribution in [3.05, 3.63) is 35.1 Å². The fourth-order valence-corrected chi connectivity index (χ4v) is 4.93. The zero-order valence-corrected chi connectivity index (χ0v) is 14.3. The monoisotopic (exact) mass is 313 g/mol. The molecule has 2 heteroatoms. The van der Waals surface area contributed by atoms with Gasteiger partial charge in [0.25, 0.3) is 0 Å². The SMILES string of the molecule is CCCCCCC12CCC(c3ccc(C#N)c(F)c3)(CC1)CC2. The van der Waals surface area contributed by atoms with Crippen LogP contribution in [-0.4, -0.2) is 0 Å². The average molecular weight is 313 g/mol. The molecule has 0 spiro atoms. The standard InChI is InChI=1S/C21H28FN/c1-2-3-4-5-8-20-9-12-21(13-10-20,14-11-20)18-7-6-17(16-23)19(22)15-18/h6-7,15H,2-5,8-14H2,1H3. The van der Waals surface area contributed by atoms with Gasteiger partial charge in [0.1, 0.15) is 11.9 Å². The molecular weight excluding hydrogens is 285 g/mol. The molecule has 0 aromatic heterocycles. The summed E-state index contributed by atoms with van der Waals surface area (Å²) in [5.74, 6) is -0.346. The molecule has 0 aliphatic heterocycles. The number of nitrogens with zero attached hydrogens (tertiary/aromatic N) is 1. The molecule has 3 fully saturated rings. The third kappa shape index (κ3) is 3.16. The minimum atomic E-state index is -0.346. The molecule has 124 valence electrons. The highest BCUT2D eigenvalue weighted by molar-refractivity contribution is 5.37. The third-order valence-corrected chi connectivity index (χ3v) is 6.66.